The van der Waals surface area contributed by atoms with Gasteiger partial charge in [0.15, 0.2) is 5.82 Å². The summed E-state index contributed by atoms with van der Waals surface area (Å²) >= 11 is 0. The molecule has 0 spiro atoms. The maximum absolute atomic E-state index is 9.10. The third kappa shape index (κ3) is 4.50. The van der Waals surface area contributed by atoms with E-state index < -0.39 is 0 Å². The first-order chi connectivity index (χ1) is 12.8. The molecule has 0 saturated carbocycles. The van der Waals surface area contributed by atoms with Crippen molar-refractivity contribution in [3.8, 4) is 11.4 Å². The fourth-order valence-electron chi connectivity index (χ4n) is 2.47. The number of benzene rings is 2. The number of aliphatic hydroxyl groups excluding tert-OH is 2. The number of hydrogen-bond donors (Lipinski definition) is 3. The highest BCUT2D eigenvalue weighted by Gasteiger charge is 2.06. The van der Waals surface area contributed by atoms with Crippen LogP contribution in [-0.4, -0.2) is 51.7 Å². The molecule has 134 valence electrons. The summed E-state index contributed by atoms with van der Waals surface area (Å²) in [5, 5.41) is 33.3. The molecule has 0 unspecified atom stereocenters. The van der Waals surface area contributed by atoms with Crippen molar-refractivity contribution in [2.24, 2.45) is 10.2 Å². The van der Waals surface area contributed by atoms with Crippen LogP contribution in [0.3, 0.4) is 0 Å². The van der Waals surface area contributed by atoms with Crippen LogP contribution in [0.2, 0.25) is 0 Å². The van der Waals surface area contributed by atoms with E-state index in [2.05, 4.69) is 25.4 Å². The molecule has 8 nitrogen and oxygen atoms in total. The highest BCUT2D eigenvalue weighted by molar-refractivity contribution is 5.55. The summed E-state index contributed by atoms with van der Waals surface area (Å²) in [6.07, 6.45) is 0. The van der Waals surface area contributed by atoms with Crippen molar-refractivity contribution < 1.29 is 10.2 Å². The van der Waals surface area contributed by atoms with Crippen molar-refractivity contribution in [1.29, 1.82) is 0 Å². The number of hydrogen-bond acceptors (Lipinski definition) is 7. The van der Waals surface area contributed by atoms with Gasteiger partial charge in [0, 0.05) is 24.3 Å². The molecular weight excluding hydrogens is 332 g/mol. The molecule has 3 rings (SSSR count). The minimum absolute atomic E-state index is 0.0238. The number of azo groups is 1. The normalized spacial score (nSPS) is 11.2. The van der Waals surface area contributed by atoms with Crippen molar-refractivity contribution in [2.45, 2.75) is 0 Å². The fraction of sp³-hybridized carbons (Fsp3) is 0.222. The van der Waals surface area contributed by atoms with Gasteiger partial charge in [-0.15, -0.1) is 15.3 Å². The monoisotopic (exact) mass is 352 g/mol. The van der Waals surface area contributed by atoms with E-state index in [9.17, 15) is 0 Å². The van der Waals surface area contributed by atoms with E-state index in [0.29, 0.717) is 24.6 Å². The molecule has 1 aromatic heterocycles. The maximum atomic E-state index is 9.10. The Labute approximate surface area is 150 Å². The quantitative estimate of drug-likeness (QED) is 0.540. The van der Waals surface area contributed by atoms with Gasteiger partial charge in [-0.1, -0.05) is 30.3 Å². The van der Waals surface area contributed by atoms with Gasteiger partial charge in [0.2, 0.25) is 0 Å². The molecule has 0 aliphatic carbocycles. The van der Waals surface area contributed by atoms with Gasteiger partial charge in [-0.25, -0.2) is 0 Å². The number of aliphatic hydroxyl groups is 2. The first-order valence-corrected chi connectivity index (χ1v) is 8.26. The third-order valence-corrected chi connectivity index (χ3v) is 3.73. The van der Waals surface area contributed by atoms with Crippen LogP contribution in [0.5, 0.6) is 0 Å². The number of rotatable bonds is 8. The molecule has 0 aliphatic rings. The zero-order chi connectivity index (χ0) is 18.2. The van der Waals surface area contributed by atoms with Crippen molar-refractivity contribution in [3.05, 3.63) is 54.6 Å². The maximum Gasteiger partial charge on any atom is 0.287 e. The SMILES string of the molecule is OCCN(CCO)c1ccc(N=Nc2n[nH]c(-c3ccccc3)n2)cc1. The Morgan fingerprint density at radius 3 is 2.23 bits per heavy atom. The summed E-state index contributed by atoms with van der Waals surface area (Å²) < 4.78 is 0. The second kappa shape index (κ2) is 8.84. The molecule has 0 aliphatic heterocycles. The Morgan fingerprint density at radius 2 is 1.58 bits per heavy atom. The standard InChI is InChI=1S/C18H20N6O2/c25-12-10-24(11-13-26)16-8-6-15(7-9-16)20-22-18-19-17(21-23-18)14-4-2-1-3-5-14/h1-9,25-26H,10-13H2,(H,19,21,23). The third-order valence-electron chi connectivity index (χ3n) is 3.73. The summed E-state index contributed by atoms with van der Waals surface area (Å²) in [5.41, 5.74) is 2.49. The average molecular weight is 352 g/mol. The second-order valence-corrected chi connectivity index (χ2v) is 5.50. The second-order valence-electron chi connectivity index (χ2n) is 5.50. The molecule has 0 saturated heterocycles. The molecule has 3 aromatic rings. The molecule has 0 amide bonds. The van der Waals surface area contributed by atoms with Crippen LogP contribution in [-0.2, 0) is 0 Å². The fourth-order valence-corrected chi connectivity index (χ4v) is 2.47. The van der Waals surface area contributed by atoms with Crippen LogP contribution < -0.4 is 4.90 Å². The number of aromatic nitrogens is 3. The first kappa shape index (κ1) is 17.7. The van der Waals surface area contributed by atoms with E-state index in [1.54, 1.807) is 0 Å². The highest BCUT2D eigenvalue weighted by atomic mass is 16.3. The molecule has 1 heterocycles. The minimum Gasteiger partial charge on any atom is -0.395 e. The lowest BCUT2D eigenvalue weighted by Crippen LogP contribution is -2.29. The van der Waals surface area contributed by atoms with Crippen LogP contribution in [0.1, 0.15) is 0 Å². The minimum atomic E-state index is 0.0238. The Morgan fingerprint density at radius 1 is 0.885 bits per heavy atom. The van der Waals surface area contributed by atoms with Gasteiger partial charge in [0.25, 0.3) is 5.95 Å². The lowest BCUT2D eigenvalue weighted by atomic mass is 10.2. The van der Waals surface area contributed by atoms with Crippen LogP contribution in [0.4, 0.5) is 17.3 Å². The molecule has 26 heavy (non-hydrogen) atoms. The van der Waals surface area contributed by atoms with Gasteiger partial charge < -0.3 is 15.1 Å². The largest absolute Gasteiger partial charge is 0.395 e. The highest BCUT2D eigenvalue weighted by Crippen LogP contribution is 2.22. The number of nitrogens with one attached hydrogen (secondary N) is 1. The van der Waals surface area contributed by atoms with Crippen LogP contribution in [0.15, 0.2) is 64.8 Å². The molecule has 8 heteroatoms. The van der Waals surface area contributed by atoms with E-state index in [-0.39, 0.29) is 19.2 Å². The van der Waals surface area contributed by atoms with Gasteiger partial charge in [0.05, 0.1) is 18.9 Å². The Hall–Kier alpha value is -3.10. The Bertz CT molecular complexity index is 826. The van der Waals surface area contributed by atoms with E-state index in [1.807, 2.05) is 59.5 Å². The zero-order valence-electron chi connectivity index (χ0n) is 14.2. The molecule has 2 aromatic carbocycles. The number of anilines is 1. The molecule has 0 fully saturated rings. The van der Waals surface area contributed by atoms with Crippen molar-refractivity contribution >= 4 is 17.3 Å². The lowest BCUT2D eigenvalue weighted by molar-refractivity contribution is 0.281. The van der Waals surface area contributed by atoms with Crippen molar-refractivity contribution in [1.82, 2.24) is 15.2 Å². The van der Waals surface area contributed by atoms with Gasteiger partial charge in [-0.3, -0.25) is 5.10 Å². The first-order valence-electron chi connectivity index (χ1n) is 8.26. The van der Waals surface area contributed by atoms with Crippen molar-refractivity contribution in [3.63, 3.8) is 0 Å². The Balaban J connectivity index is 1.68. The summed E-state index contributed by atoms with van der Waals surface area (Å²) in [5.74, 6) is 0.897. The smallest absolute Gasteiger partial charge is 0.287 e. The van der Waals surface area contributed by atoms with Gasteiger partial charge in [-0.05, 0) is 24.3 Å². The van der Waals surface area contributed by atoms with Crippen molar-refractivity contribution in [2.75, 3.05) is 31.2 Å². The summed E-state index contributed by atoms with van der Waals surface area (Å²) in [7, 11) is 0. The van der Waals surface area contributed by atoms with Gasteiger partial charge in [0.1, 0.15) is 0 Å². The van der Waals surface area contributed by atoms with E-state index in [0.717, 1.165) is 11.3 Å². The topological polar surface area (TPSA) is 110 Å². The van der Waals surface area contributed by atoms with Crippen LogP contribution in [0.25, 0.3) is 11.4 Å². The number of nitrogens with zero attached hydrogens (tertiary/aromatic N) is 5. The van der Waals surface area contributed by atoms with Crippen LogP contribution in [0, 0.1) is 0 Å². The number of aromatic amines is 1. The molecule has 0 bridgehead atoms. The van der Waals surface area contributed by atoms with E-state index in [1.165, 1.54) is 0 Å². The predicted octanol–water partition coefficient (Wildman–Crippen LogP) is 2.68. The number of H-pyrrole nitrogens is 1. The molecule has 0 atom stereocenters. The lowest BCUT2D eigenvalue weighted by Gasteiger charge is -2.22. The van der Waals surface area contributed by atoms with Gasteiger partial charge in [-0.2, -0.15) is 4.98 Å². The molecular formula is C18H20N6O2. The Kier molecular flexibility index (Phi) is 6.02. The van der Waals surface area contributed by atoms with E-state index in [4.69, 9.17) is 10.2 Å². The van der Waals surface area contributed by atoms with E-state index >= 15 is 0 Å². The predicted molar refractivity (Wildman–Crippen MR) is 98.8 cm³/mol. The van der Waals surface area contributed by atoms with Gasteiger partial charge >= 0.3 is 0 Å². The summed E-state index contributed by atoms with van der Waals surface area (Å²) in [6, 6.07) is 17.0. The average Bonchev–Trinajstić information content (AvgIpc) is 3.16. The molecule has 0 radical (unpaired) electrons. The zero-order valence-corrected chi connectivity index (χ0v) is 14.2. The van der Waals surface area contributed by atoms with Crippen LogP contribution >= 0.6 is 0 Å². The summed E-state index contributed by atoms with van der Waals surface area (Å²) in [4.78, 5) is 6.19. The molecule has 3 N–H and O–H groups in total. The summed E-state index contributed by atoms with van der Waals surface area (Å²) in [6.45, 7) is 0.966.